The molecule has 2 heterocycles. The lowest BCUT2D eigenvalue weighted by molar-refractivity contribution is 0.00585. The average molecular weight is 576 g/mol. The number of nitrogens with zero attached hydrogens (tertiary/aromatic N) is 3. The predicted molar refractivity (Wildman–Crippen MR) is 167 cm³/mol. The lowest BCUT2D eigenvalue weighted by atomic mass is 10.1. The minimum Gasteiger partial charge on any atom is -0.497 e. The Bertz CT molecular complexity index is 1200. The first-order chi connectivity index (χ1) is 20.8. The van der Waals surface area contributed by atoms with Crippen molar-refractivity contribution < 1.29 is 23.7 Å². The van der Waals surface area contributed by atoms with Crippen LogP contribution in [0.2, 0.25) is 0 Å². The maximum absolute atomic E-state index is 5.90. The van der Waals surface area contributed by atoms with Crippen LogP contribution in [0, 0.1) is 0 Å². The van der Waals surface area contributed by atoms with Crippen LogP contribution in [0.5, 0.6) is 5.75 Å². The van der Waals surface area contributed by atoms with Gasteiger partial charge in [0.05, 0.1) is 60.0 Å². The Morgan fingerprint density at radius 2 is 1.36 bits per heavy atom. The summed E-state index contributed by atoms with van der Waals surface area (Å²) in [6.07, 6.45) is 0. The van der Waals surface area contributed by atoms with Gasteiger partial charge in [0.15, 0.2) is 0 Å². The van der Waals surface area contributed by atoms with Gasteiger partial charge in [-0.15, -0.1) is 0 Å². The minimum atomic E-state index is 0.574. The normalized spacial score (nSPS) is 16.0. The van der Waals surface area contributed by atoms with E-state index in [-0.39, 0.29) is 0 Å². The van der Waals surface area contributed by atoms with Gasteiger partial charge >= 0.3 is 0 Å². The Kier molecular flexibility index (Phi) is 11.9. The molecular weight excluding hydrogens is 530 g/mol. The van der Waals surface area contributed by atoms with Crippen molar-refractivity contribution in [3.05, 3.63) is 89.5 Å². The lowest BCUT2D eigenvalue weighted by Gasteiger charge is -2.30. The fraction of sp³-hybridized carbons (Fsp3) is 0.471. The highest BCUT2D eigenvalue weighted by Gasteiger charge is 2.14. The Morgan fingerprint density at radius 1 is 0.690 bits per heavy atom. The van der Waals surface area contributed by atoms with Crippen LogP contribution >= 0.6 is 0 Å². The molecule has 2 aliphatic heterocycles. The topological polar surface area (TPSA) is 55.9 Å². The molecule has 0 N–H and O–H groups in total. The molecule has 42 heavy (non-hydrogen) atoms. The maximum atomic E-state index is 5.90. The number of benzene rings is 3. The summed E-state index contributed by atoms with van der Waals surface area (Å²) in [4.78, 5) is 7.20. The van der Waals surface area contributed by atoms with Crippen molar-refractivity contribution >= 4 is 11.4 Å². The average Bonchev–Trinajstić information content (AvgIpc) is 3.05. The molecule has 3 aromatic rings. The maximum Gasteiger partial charge on any atom is 0.119 e. The van der Waals surface area contributed by atoms with Gasteiger partial charge in [-0.05, 0) is 53.1 Å². The predicted octanol–water partition coefficient (Wildman–Crippen LogP) is 4.60. The van der Waals surface area contributed by atoms with Gasteiger partial charge in [-0.1, -0.05) is 36.4 Å². The second-order valence-electron chi connectivity index (χ2n) is 10.8. The summed E-state index contributed by atoms with van der Waals surface area (Å²) in [5.41, 5.74) is 6.07. The largest absolute Gasteiger partial charge is 0.497 e. The minimum absolute atomic E-state index is 0.574. The Labute approximate surface area is 250 Å². The second-order valence-corrected chi connectivity index (χ2v) is 10.8. The van der Waals surface area contributed by atoms with Crippen LogP contribution in [0.1, 0.15) is 16.7 Å². The molecule has 8 nitrogen and oxygen atoms in total. The van der Waals surface area contributed by atoms with Gasteiger partial charge < -0.3 is 33.5 Å². The summed E-state index contributed by atoms with van der Waals surface area (Å²) >= 11 is 0. The number of hydrogen-bond donors (Lipinski definition) is 0. The summed E-state index contributed by atoms with van der Waals surface area (Å²) < 4.78 is 28.1. The molecule has 226 valence electrons. The number of hydrogen-bond acceptors (Lipinski definition) is 8. The van der Waals surface area contributed by atoms with Crippen LogP contribution in [0.4, 0.5) is 11.4 Å². The first-order valence-electron chi connectivity index (χ1n) is 15.1. The quantitative estimate of drug-likeness (QED) is 0.244. The third-order valence-electron chi connectivity index (χ3n) is 7.77. The SMILES string of the molecule is COc1cccc(CN(Cc2cccc(N3CCOCC3)c2)c2ccc(COCCOCCN3CCOCC3)cc2)c1. The summed E-state index contributed by atoms with van der Waals surface area (Å²) in [5, 5.41) is 0. The number of morpholine rings is 2. The van der Waals surface area contributed by atoms with E-state index in [2.05, 4.69) is 81.4 Å². The summed E-state index contributed by atoms with van der Waals surface area (Å²) in [6, 6.07) is 25.9. The van der Waals surface area contributed by atoms with E-state index in [0.29, 0.717) is 19.8 Å². The van der Waals surface area contributed by atoms with Crippen molar-refractivity contribution in [3.63, 3.8) is 0 Å². The zero-order chi connectivity index (χ0) is 28.8. The van der Waals surface area contributed by atoms with E-state index < -0.39 is 0 Å². The van der Waals surface area contributed by atoms with Crippen LogP contribution in [0.25, 0.3) is 0 Å². The van der Waals surface area contributed by atoms with Crippen molar-refractivity contribution in [2.45, 2.75) is 19.7 Å². The zero-order valence-corrected chi connectivity index (χ0v) is 24.9. The molecule has 0 atom stereocenters. The van der Waals surface area contributed by atoms with Crippen LogP contribution in [-0.2, 0) is 38.6 Å². The molecule has 5 rings (SSSR count). The molecule has 0 spiro atoms. The van der Waals surface area contributed by atoms with Crippen LogP contribution in [0.3, 0.4) is 0 Å². The lowest BCUT2D eigenvalue weighted by Crippen LogP contribution is -2.38. The molecule has 0 unspecified atom stereocenters. The van der Waals surface area contributed by atoms with Crippen molar-refractivity contribution in [3.8, 4) is 5.75 Å². The summed E-state index contributed by atoms with van der Waals surface area (Å²) in [5.74, 6) is 0.874. The molecule has 0 aliphatic carbocycles. The highest BCUT2D eigenvalue weighted by molar-refractivity contribution is 5.52. The first kappa shape index (κ1) is 30.3. The third-order valence-corrected chi connectivity index (χ3v) is 7.77. The smallest absolute Gasteiger partial charge is 0.119 e. The zero-order valence-electron chi connectivity index (χ0n) is 24.9. The molecule has 0 radical (unpaired) electrons. The van der Waals surface area contributed by atoms with E-state index in [4.69, 9.17) is 23.7 Å². The van der Waals surface area contributed by atoms with Gasteiger partial charge in [0.1, 0.15) is 5.75 Å². The molecule has 3 aromatic carbocycles. The molecule has 0 bridgehead atoms. The fourth-order valence-electron chi connectivity index (χ4n) is 5.35. The molecule has 8 heteroatoms. The van der Waals surface area contributed by atoms with E-state index in [1.165, 1.54) is 22.5 Å². The third kappa shape index (κ3) is 9.44. The fourth-order valence-corrected chi connectivity index (χ4v) is 5.35. The van der Waals surface area contributed by atoms with Crippen LogP contribution in [-0.4, -0.2) is 91.0 Å². The van der Waals surface area contributed by atoms with Gasteiger partial charge in [0, 0.05) is 57.2 Å². The monoisotopic (exact) mass is 575 g/mol. The summed E-state index contributed by atoms with van der Waals surface area (Å²) in [7, 11) is 1.71. The Morgan fingerprint density at radius 3 is 2.10 bits per heavy atom. The number of ether oxygens (including phenoxy) is 5. The second kappa shape index (κ2) is 16.5. The van der Waals surface area contributed by atoms with Gasteiger partial charge in [0.2, 0.25) is 0 Å². The molecule has 0 saturated carbocycles. The molecule has 0 aromatic heterocycles. The van der Waals surface area contributed by atoms with Gasteiger partial charge in [-0.3, -0.25) is 4.90 Å². The van der Waals surface area contributed by atoms with Crippen LogP contribution in [0.15, 0.2) is 72.8 Å². The highest BCUT2D eigenvalue weighted by Crippen LogP contribution is 2.25. The van der Waals surface area contributed by atoms with E-state index in [9.17, 15) is 0 Å². The van der Waals surface area contributed by atoms with Crippen molar-refractivity contribution in [2.24, 2.45) is 0 Å². The first-order valence-corrected chi connectivity index (χ1v) is 15.1. The number of anilines is 2. The van der Waals surface area contributed by atoms with Gasteiger partial charge in [0.25, 0.3) is 0 Å². The van der Waals surface area contributed by atoms with E-state index >= 15 is 0 Å². The molecular formula is C34H45N3O5. The summed E-state index contributed by atoms with van der Waals surface area (Å²) in [6.45, 7) is 12.1. The Balaban J connectivity index is 1.16. The van der Waals surface area contributed by atoms with Crippen molar-refractivity contribution in [1.29, 1.82) is 0 Å². The Hall–Kier alpha value is -3.14. The van der Waals surface area contributed by atoms with Crippen molar-refractivity contribution in [1.82, 2.24) is 4.90 Å². The number of methoxy groups -OCH3 is 1. The van der Waals surface area contributed by atoms with E-state index in [1.54, 1.807) is 7.11 Å². The van der Waals surface area contributed by atoms with Gasteiger partial charge in [-0.25, -0.2) is 0 Å². The molecule has 0 amide bonds. The molecule has 2 fully saturated rings. The van der Waals surface area contributed by atoms with Crippen LogP contribution < -0.4 is 14.5 Å². The standard InChI is InChI=1S/C34H45N3O5/c1-38-34-7-3-5-31(25-34)27-37(26-30-4-2-6-33(24-30)36-15-20-40-21-16-36)32-10-8-29(9-11-32)28-42-23-22-41-19-14-35-12-17-39-18-13-35/h2-11,24-25H,12-23,26-28H2,1H3. The van der Waals surface area contributed by atoms with Crippen molar-refractivity contribution in [2.75, 3.05) is 95.9 Å². The molecule has 2 saturated heterocycles. The van der Waals surface area contributed by atoms with E-state index in [0.717, 1.165) is 90.2 Å². The van der Waals surface area contributed by atoms with Gasteiger partial charge in [-0.2, -0.15) is 0 Å². The number of rotatable bonds is 15. The van der Waals surface area contributed by atoms with E-state index in [1.807, 2.05) is 6.07 Å². The molecule has 2 aliphatic rings. The highest BCUT2D eigenvalue weighted by atomic mass is 16.5.